The second-order valence-corrected chi connectivity index (χ2v) is 12.2. The first kappa shape index (κ1) is 27.7. The standard InChI is InChI=1S/C22H17FN2Si.C15H15B/c23-20-12-7-13-21(16-20)26-22(25-15-14-24-17-25,18-8-3-1-4-9-18)19-10-5-2-6-11-19;1-3-7-13(8-4-1)16(15-11-12-15)14-9-5-2-6-10-14/h1-17H;1-10,15H,11-12H2. The van der Waals surface area contributed by atoms with Crippen LogP contribution in [0.25, 0.3) is 0 Å². The van der Waals surface area contributed by atoms with Crippen LogP contribution in [0.4, 0.5) is 4.39 Å². The molecular formula is C37H32BFN2Si. The minimum absolute atomic E-state index is 0.212. The van der Waals surface area contributed by atoms with Crippen LogP contribution in [0, 0.1) is 5.82 Å². The van der Waals surface area contributed by atoms with Crippen molar-refractivity contribution in [3.8, 4) is 0 Å². The van der Waals surface area contributed by atoms with Crippen LogP contribution in [0.5, 0.6) is 0 Å². The molecule has 1 aliphatic carbocycles. The predicted octanol–water partition coefficient (Wildman–Crippen LogP) is 6.26. The summed E-state index contributed by atoms with van der Waals surface area (Å²) < 4.78 is 16.0. The summed E-state index contributed by atoms with van der Waals surface area (Å²) in [6.07, 6.45) is 8.37. The first-order valence-corrected chi connectivity index (χ1v) is 15.5. The maximum Gasteiger partial charge on any atom is 0.212 e. The van der Waals surface area contributed by atoms with E-state index in [9.17, 15) is 4.39 Å². The molecule has 2 radical (unpaired) electrons. The number of aromatic nitrogens is 2. The van der Waals surface area contributed by atoms with Gasteiger partial charge in [-0.05, 0) is 23.3 Å². The number of hydrogen-bond donors (Lipinski definition) is 0. The number of halogens is 1. The van der Waals surface area contributed by atoms with E-state index in [1.54, 1.807) is 18.3 Å². The second kappa shape index (κ2) is 13.0. The first-order chi connectivity index (χ1) is 20.7. The summed E-state index contributed by atoms with van der Waals surface area (Å²) in [7, 11) is 0.295. The van der Waals surface area contributed by atoms with Gasteiger partial charge in [0.15, 0.2) is 0 Å². The summed E-state index contributed by atoms with van der Waals surface area (Å²) in [5.74, 6) is 0.653. The van der Waals surface area contributed by atoms with Gasteiger partial charge in [0.05, 0.1) is 11.5 Å². The van der Waals surface area contributed by atoms with Crippen LogP contribution >= 0.6 is 0 Å². The highest BCUT2D eigenvalue weighted by atomic mass is 28.2. The summed E-state index contributed by atoms with van der Waals surface area (Å²) in [5.41, 5.74) is 5.23. The first-order valence-electron chi connectivity index (χ1n) is 14.5. The third-order valence-corrected chi connectivity index (χ3v) is 9.63. The predicted molar refractivity (Wildman–Crippen MR) is 174 cm³/mol. The van der Waals surface area contributed by atoms with Crippen LogP contribution in [0.2, 0.25) is 5.82 Å². The Morgan fingerprint density at radius 1 is 0.667 bits per heavy atom. The number of benzene rings is 5. The topological polar surface area (TPSA) is 17.8 Å². The smallest absolute Gasteiger partial charge is 0.212 e. The van der Waals surface area contributed by atoms with Crippen molar-refractivity contribution in [3.63, 3.8) is 0 Å². The highest BCUT2D eigenvalue weighted by Gasteiger charge is 2.37. The Balaban J connectivity index is 0.000000168. The number of imidazole rings is 1. The highest BCUT2D eigenvalue weighted by molar-refractivity contribution is 6.86. The molecule has 1 fully saturated rings. The van der Waals surface area contributed by atoms with Crippen LogP contribution in [0.3, 0.4) is 0 Å². The second-order valence-electron chi connectivity index (χ2n) is 10.7. The van der Waals surface area contributed by atoms with Gasteiger partial charge in [0.1, 0.15) is 15.3 Å². The lowest BCUT2D eigenvalue weighted by molar-refractivity contribution is 0.596. The number of rotatable bonds is 8. The van der Waals surface area contributed by atoms with E-state index < -0.39 is 5.16 Å². The molecule has 42 heavy (non-hydrogen) atoms. The van der Waals surface area contributed by atoms with Crippen LogP contribution in [-0.4, -0.2) is 25.8 Å². The average molecular weight is 563 g/mol. The van der Waals surface area contributed by atoms with Crippen LogP contribution in [0.1, 0.15) is 24.0 Å². The van der Waals surface area contributed by atoms with Gasteiger partial charge in [0.2, 0.25) is 6.71 Å². The molecule has 0 bridgehead atoms. The van der Waals surface area contributed by atoms with Crippen molar-refractivity contribution in [2.75, 3.05) is 0 Å². The normalized spacial score (nSPS) is 12.7. The molecule has 1 aliphatic rings. The van der Waals surface area contributed by atoms with Gasteiger partial charge in [-0.15, -0.1) is 0 Å². The van der Waals surface area contributed by atoms with Gasteiger partial charge in [-0.25, -0.2) is 9.37 Å². The Hall–Kier alpha value is -4.48. The van der Waals surface area contributed by atoms with Gasteiger partial charge in [-0.2, -0.15) is 0 Å². The summed E-state index contributed by atoms with van der Waals surface area (Å²) >= 11 is 0. The summed E-state index contributed by atoms with van der Waals surface area (Å²) in [6, 6.07) is 49.4. The Morgan fingerprint density at radius 2 is 1.19 bits per heavy atom. The quantitative estimate of drug-likeness (QED) is 0.200. The number of nitrogens with zero attached hydrogens (tertiary/aromatic N) is 2. The highest BCUT2D eigenvalue weighted by Crippen LogP contribution is 2.38. The Bertz CT molecular complexity index is 1580. The van der Waals surface area contributed by atoms with Gasteiger partial charge in [0, 0.05) is 12.4 Å². The van der Waals surface area contributed by atoms with Crippen LogP contribution in [0.15, 0.2) is 164 Å². The molecule has 0 N–H and O–H groups in total. The summed E-state index contributed by atoms with van der Waals surface area (Å²) in [6.45, 7) is 0.613. The van der Waals surface area contributed by atoms with Gasteiger partial charge in [-0.3, -0.25) is 0 Å². The van der Waals surface area contributed by atoms with Gasteiger partial charge in [-0.1, -0.05) is 168 Å². The van der Waals surface area contributed by atoms with Crippen molar-refractivity contribution in [2.24, 2.45) is 0 Å². The molecule has 2 nitrogen and oxygen atoms in total. The SMILES string of the molecule is Fc1cccc([Si]C(c2ccccc2)(c2ccccc2)n2ccnc2)c1.c1ccc(B(c2ccccc2)C2CC2)cc1. The molecule has 1 aromatic heterocycles. The monoisotopic (exact) mass is 562 g/mol. The molecule has 1 saturated carbocycles. The van der Waals surface area contributed by atoms with Crippen molar-refractivity contribution >= 4 is 32.3 Å². The van der Waals surface area contributed by atoms with E-state index in [-0.39, 0.29) is 5.82 Å². The molecule has 0 atom stereocenters. The van der Waals surface area contributed by atoms with Crippen molar-refractivity contribution in [1.29, 1.82) is 0 Å². The molecule has 1 heterocycles. The molecule has 204 valence electrons. The minimum atomic E-state index is -0.479. The molecule has 0 spiro atoms. The number of hydrogen-bond acceptors (Lipinski definition) is 1. The minimum Gasteiger partial charge on any atom is -0.326 e. The lowest BCUT2D eigenvalue weighted by atomic mass is 9.37. The molecule has 0 unspecified atom stereocenters. The maximum atomic E-state index is 13.9. The van der Waals surface area contributed by atoms with Gasteiger partial charge >= 0.3 is 0 Å². The van der Waals surface area contributed by atoms with E-state index in [4.69, 9.17) is 0 Å². The van der Waals surface area contributed by atoms with Gasteiger partial charge < -0.3 is 4.57 Å². The third-order valence-electron chi connectivity index (χ3n) is 7.84. The van der Waals surface area contributed by atoms with E-state index >= 15 is 0 Å². The zero-order valence-electron chi connectivity index (χ0n) is 23.4. The van der Waals surface area contributed by atoms with E-state index in [0.717, 1.165) is 22.1 Å². The lowest BCUT2D eigenvalue weighted by Gasteiger charge is -2.36. The van der Waals surface area contributed by atoms with Crippen LogP contribution < -0.4 is 16.1 Å². The zero-order chi connectivity index (χ0) is 28.6. The molecule has 0 saturated heterocycles. The lowest BCUT2D eigenvalue weighted by Crippen LogP contribution is -2.46. The molecule has 5 heteroatoms. The van der Waals surface area contributed by atoms with Crippen LogP contribution in [-0.2, 0) is 5.16 Å². The Kier molecular flexibility index (Phi) is 8.57. The van der Waals surface area contributed by atoms with E-state index in [2.05, 4.69) is 94.5 Å². The van der Waals surface area contributed by atoms with Gasteiger partial charge in [0.25, 0.3) is 0 Å². The van der Waals surface area contributed by atoms with Crippen molar-refractivity contribution < 1.29 is 4.39 Å². The Morgan fingerprint density at radius 3 is 1.64 bits per heavy atom. The molecular weight excluding hydrogens is 530 g/mol. The van der Waals surface area contributed by atoms with Crippen molar-refractivity contribution in [3.05, 3.63) is 181 Å². The largest absolute Gasteiger partial charge is 0.326 e. The Labute approximate surface area is 250 Å². The summed E-state index contributed by atoms with van der Waals surface area (Å²) in [4.78, 5) is 4.29. The van der Waals surface area contributed by atoms with E-state index in [1.165, 1.54) is 29.8 Å². The third kappa shape index (κ3) is 6.22. The summed E-state index contributed by atoms with van der Waals surface area (Å²) in [5, 5.41) is 0.485. The molecule has 5 aromatic carbocycles. The van der Waals surface area contributed by atoms with Crippen molar-refractivity contribution in [2.45, 2.75) is 23.8 Å². The fraction of sp³-hybridized carbons (Fsp3) is 0.108. The molecule has 6 aromatic rings. The fourth-order valence-electron chi connectivity index (χ4n) is 5.75. The average Bonchev–Trinajstić information content (AvgIpc) is 3.73. The zero-order valence-corrected chi connectivity index (χ0v) is 24.4. The molecule has 7 rings (SSSR count). The van der Waals surface area contributed by atoms with Crippen molar-refractivity contribution in [1.82, 2.24) is 9.55 Å². The molecule has 0 aliphatic heterocycles. The molecule has 0 amide bonds. The fourth-order valence-corrected chi connectivity index (χ4v) is 7.44. The van der Waals surface area contributed by atoms with E-state index in [1.807, 2.05) is 55.0 Å². The maximum absolute atomic E-state index is 13.9. The van der Waals surface area contributed by atoms with E-state index in [0.29, 0.717) is 16.2 Å².